The van der Waals surface area contributed by atoms with E-state index >= 15 is 0 Å². The summed E-state index contributed by atoms with van der Waals surface area (Å²) in [6.45, 7) is 10.0. The quantitative estimate of drug-likeness (QED) is 0.570. The zero-order valence-electron chi connectivity index (χ0n) is 15.2. The summed E-state index contributed by atoms with van der Waals surface area (Å²) in [7, 11) is -0.791. The van der Waals surface area contributed by atoms with E-state index in [0.29, 0.717) is 0 Å². The fourth-order valence-corrected chi connectivity index (χ4v) is 6.64. The molecule has 0 bridgehead atoms. The van der Waals surface area contributed by atoms with Crippen LogP contribution in [-0.4, -0.2) is 26.8 Å². The van der Waals surface area contributed by atoms with Crippen LogP contribution in [0, 0.1) is 6.92 Å². The molecule has 0 amide bonds. The Bertz CT molecular complexity index is 808. The highest BCUT2D eigenvalue weighted by Crippen LogP contribution is 2.56. The van der Waals surface area contributed by atoms with E-state index in [4.69, 9.17) is 4.98 Å². The molecule has 0 fully saturated rings. The monoisotopic (exact) mass is 340 g/mol. The molecule has 128 valence electrons. The molecule has 24 heavy (non-hydrogen) atoms. The number of pyridine rings is 1. The maximum Gasteiger partial charge on any atom is 0.141 e. The fraction of sp³-hybridized carbons (Fsp3) is 0.381. The van der Waals surface area contributed by atoms with E-state index in [2.05, 4.69) is 80.8 Å². The van der Waals surface area contributed by atoms with Gasteiger partial charge in [0, 0.05) is 11.1 Å². The van der Waals surface area contributed by atoms with Crippen LogP contribution in [0.2, 0.25) is 0 Å². The molecule has 0 atom stereocenters. The Labute approximate surface area is 147 Å². The van der Waals surface area contributed by atoms with E-state index in [1.165, 1.54) is 33.2 Å². The number of rotatable bonds is 6. The number of nitrogens with zero attached hydrogens (tertiary/aromatic N) is 2. The van der Waals surface area contributed by atoms with Gasteiger partial charge in [-0.15, -0.1) is 0 Å². The fourth-order valence-electron chi connectivity index (χ4n) is 3.53. The summed E-state index contributed by atoms with van der Waals surface area (Å²) in [5.74, 6) is 3.72. The topological polar surface area (TPSA) is 17.8 Å². The third kappa shape index (κ3) is 2.98. The van der Waals surface area contributed by atoms with E-state index in [9.17, 15) is 0 Å². The minimum atomic E-state index is -0.791. The average Bonchev–Trinajstić information content (AvgIpc) is 2.96. The van der Waals surface area contributed by atoms with Crippen LogP contribution in [0.15, 0.2) is 53.6 Å². The molecule has 0 radical (unpaired) electrons. The summed E-state index contributed by atoms with van der Waals surface area (Å²) in [4.78, 5) is 4.89. The summed E-state index contributed by atoms with van der Waals surface area (Å²) in [6, 6.07) is 17.5. The second-order valence-electron chi connectivity index (χ2n) is 6.33. The molecule has 2 aromatic heterocycles. The van der Waals surface area contributed by atoms with E-state index in [0.717, 1.165) is 17.9 Å². The number of benzene rings is 1. The van der Waals surface area contributed by atoms with Crippen LogP contribution in [0.1, 0.15) is 32.0 Å². The van der Waals surface area contributed by atoms with E-state index in [-0.39, 0.29) is 0 Å². The van der Waals surface area contributed by atoms with Gasteiger partial charge in [-0.05, 0) is 47.9 Å². The van der Waals surface area contributed by atoms with E-state index in [1.54, 1.807) is 0 Å². The van der Waals surface area contributed by atoms with Crippen molar-refractivity contribution < 1.29 is 0 Å². The highest BCUT2D eigenvalue weighted by molar-refractivity contribution is 8.33. The molecule has 0 saturated heterocycles. The van der Waals surface area contributed by atoms with E-state index in [1.807, 2.05) is 0 Å². The third-order valence-corrected chi connectivity index (χ3v) is 9.67. The molecule has 2 heterocycles. The SMILES string of the molecule is CCS(CC)(CC)c1cc2ccc(C)nc2n1Cc1ccccc1. The Balaban J connectivity index is 2.22. The maximum atomic E-state index is 4.89. The van der Waals surface area contributed by atoms with Gasteiger partial charge in [0.1, 0.15) is 5.65 Å². The lowest BCUT2D eigenvalue weighted by molar-refractivity contribution is 0.745. The summed E-state index contributed by atoms with van der Waals surface area (Å²) in [6.07, 6.45) is 0. The number of aryl methyl sites for hydroxylation is 1. The van der Waals surface area contributed by atoms with Crippen molar-refractivity contribution in [3.05, 3.63) is 59.8 Å². The molecule has 0 spiro atoms. The minimum Gasteiger partial charge on any atom is -0.317 e. The predicted octanol–water partition coefficient (Wildman–Crippen LogP) is 5.62. The van der Waals surface area contributed by atoms with Gasteiger partial charge in [0.15, 0.2) is 0 Å². The second kappa shape index (κ2) is 7.02. The number of hydrogen-bond acceptors (Lipinski definition) is 1. The predicted molar refractivity (Wildman–Crippen MR) is 107 cm³/mol. The lowest BCUT2D eigenvalue weighted by Gasteiger charge is -2.38. The van der Waals surface area contributed by atoms with E-state index < -0.39 is 10.0 Å². The van der Waals surface area contributed by atoms with Gasteiger partial charge in [-0.2, -0.15) is 0 Å². The first kappa shape index (κ1) is 17.1. The van der Waals surface area contributed by atoms with Crippen LogP contribution < -0.4 is 0 Å². The summed E-state index contributed by atoms with van der Waals surface area (Å²) < 4.78 is 2.49. The minimum absolute atomic E-state index is 0.791. The standard InChI is InChI=1S/C21H28N2S/c1-5-24(6-2,7-3)20-15-19-14-13-17(4)22-21(19)23(20)16-18-11-9-8-10-12-18/h8-15H,5-7,16H2,1-4H3. The lowest BCUT2D eigenvalue weighted by atomic mass is 10.2. The molecular weight excluding hydrogens is 312 g/mol. The Morgan fingerprint density at radius 3 is 2.21 bits per heavy atom. The van der Waals surface area contributed by atoms with Gasteiger partial charge < -0.3 is 4.57 Å². The van der Waals surface area contributed by atoms with Crippen LogP contribution in [0.5, 0.6) is 0 Å². The normalized spacial score (nSPS) is 12.7. The second-order valence-corrected chi connectivity index (χ2v) is 10.6. The molecule has 0 unspecified atom stereocenters. The Morgan fingerprint density at radius 1 is 0.917 bits per heavy atom. The Kier molecular flexibility index (Phi) is 5.00. The molecule has 1 aromatic carbocycles. The van der Waals surface area contributed by atoms with Crippen LogP contribution in [0.3, 0.4) is 0 Å². The van der Waals surface area contributed by atoms with Crippen molar-refractivity contribution in [2.75, 3.05) is 17.3 Å². The van der Waals surface area contributed by atoms with Crippen molar-refractivity contribution in [2.45, 2.75) is 39.3 Å². The van der Waals surface area contributed by atoms with Gasteiger partial charge in [-0.25, -0.2) is 15.0 Å². The van der Waals surface area contributed by atoms with Crippen molar-refractivity contribution in [2.24, 2.45) is 0 Å². The van der Waals surface area contributed by atoms with Gasteiger partial charge in [0.25, 0.3) is 0 Å². The Hall–Kier alpha value is -1.74. The lowest BCUT2D eigenvalue weighted by Crippen LogP contribution is -2.15. The number of fused-ring (bicyclic) bond motifs is 1. The molecule has 0 aliphatic rings. The highest BCUT2D eigenvalue weighted by Gasteiger charge is 2.26. The van der Waals surface area contributed by atoms with Crippen molar-refractivity contribution in [3.63, 3.8) is 0 Å². The molecule has 0 aliphatic carbocycles. The molecule has 0 saturated carbocycles. The third-order valence-electron chi connectivity index (χ3n) is 5.13. The Morgan fingerprint density at radius 2 is 1.58 bits per heavy atom. The molecule has 2 nitrogen and oxygen atoms in total. The largest absolute Gasteiger partial charge is 0.317 e. The van der Waals surface area contributed by atoms with Gasteiger partial charge in [-0.3, -0.25) is 0 Å². The first-order chi connectivity index (χ1) is 11.6. The molecule has 3 aromatic rings. The summed E-state index contributed by atoms with van der Waals surface area (Å²) >= 11 is 0. The van der Waals surface area contributed by atoms with Gasteiger partial charge in [0.2, 0.25) is 0 Å². The summed E-state index contributed by atoms with van der Waals surface area (Å²) in [5.41, 5.74) is 3.57. The first-order valence-electron chi connectivity index (χ1n) is 8.90. The van der Waals surface area contributed by atoms with Crippen LogP contribution in [0.4, 0.5) is 0 Å². The van der Waals surface area contributed by atoms with Crippen LogP contribution in [-0.2, 0) is 6.54 Å². The summed E-state index contributed by atoms with van der Waals surface area (Å²) in [5, 5.41) is 2.80. The smallest absolute Gasteiger partial charge is 0.141 e. The number of aromatic nitrogens is 2. The average molecular weight is 341 g/mol. The molecule has 0 N–H and O–H groups in total. The van der Waals surface area contributed by atoms with Gasteiger partial charge >= 0.3 is 0 Å². The van der Waals surface area contributed by atoms with Gasteiger partial charge in [0.05, 0.1) is 11.6 Å². The van der Waals surface area contributed by atoms with Crippen molar-refractivity contribution >= 4 is 21.1 Å². The van der Waals surface area contributed by atoms with Crippen molar-refractivity contribution in [1.82, 2.24) is 9.55 Å². The highest BCUT2D eigenvalue weighted by atomic mass is 32.3. The molecule has 3 rings (SSSR count). The molecule has 0 aliphatic heterocycles. The molecule has 3 heteroatoms. The zero-order chi connectivity index (χ0) is 17.2. The van der Waals surface area contributed by atoms with Crippen molar-refractivity contribution in [1.29, 1.82) is 0 Å². The van der Waals surface area contributed by atoms with Crippen LogP contribution >= 0.6 is 10.0 Å². The van der Waals surface area contributed by atoms with Crippen molar-refractivity contribution in [3.8, 4) is 0 Å². The molecular formula is C21H28N2S. The van der Waals surface area contributed by atoms with Crippen LogP contribution in [0.25, 0.3) is 11.0 Å². The zero-order valence-corrected chi connectivity index (χ0v) is 16.1. The van der Waals surface area contributed by atoms with Gasteiger partial charge in [-0.1, -0.05) is 51.1 Å². The number of hydrogen-bond donors (Lipinski definition) is 0. The first-order valence-corrected chi connectivity index (χ1v) is 11.0. The maximum absolute atomic E-state index is 4.89.